The van der Waals surface area contributed by atoms with Gasteiger partial charge in [-0.15, -0.1) is 0 Å². The monoisotopic (exact) mass is 333 g/mol. The molecule has 1 rings (SSSR count). The highest BCUT2D eigenvalue weighted by Gasteiger charge is 1.98. The van der Waals surface area contributed by atoms with Crippen molar-refractivity contribution in [2.24, 2.45) is 0 Å². The van der Waals surface area contributed by atoms with E-state index in [9.17, 15) is 4.79 Å². The van der Waals surface area contributed by atoms with Gasteiger partial charge >= 0.3 is 0 Å². The van der Waals surface area contributed by atoms with Crippen molar-refractivity contribution >= 4 is 5.69 Å². The van der Waals surface area contributed by atoms with Crippen LogP contribution < -0.4 is 15.5 Å². The number of ether oxygens (including phenoxy) is 1. The molecule has 0 spiro atoms. The third-order valence-corrected chi connectivity index (χ3v) is 4.21. The number of rotatable bonds is 14. The Labute approximate surface area is 147 Å². The Kier molecular flexibility index (Phi) is 11.9. The Balaban J connectivity index is 2.09. The third kappa shape index (κ3) is 9.59. The zero-order chi connectivity index (χ0) is 17.5. The average molecular weight is 334 g/mol. The maximum Gasteiger partial charge on any atom is 0.201 e. The number of hydrogen-bond donors (Lipinski definition) is 1. The van der Waals surface area contributed by atoms with Crippen molar-refractivity contribution in [2.75, 3.05) is 18.5 Å². The minimum atomic E-state index is 0.00522. The first kappa shape index (κ1) is 20.5. The van der Waals surface area contributed by atoms with Crippen LogP contribution in [0, 0.1) is 0 Å². The summed E-state index contributed by atoms with van der Waals surface area (Å²) in [6.45, 7) is 5.71. The highest BCUT2D eigenvalue weighted by atomic mass is 16.5. The van der Waals surface area contributed by atoms with Crippen LogP contribution in [0.1, 0.15) is 78.1 Å². The van der Waals surface area contributed by atoms with Crippen LogP contribution in [0.5, 0.6) is 5.75 Å². The molecule has 1 aromatic carbocycles. The number of hydrogen-bond acceptors (Lipinski definition) is 3. The lowest BCUT2D eigenvalue weighted by molar-refractivity contribution is 0.304. The first-order valence-electron chi connectivity index (χ1n) is 9.79. The molecule has 1 aromatic rings. The molecule has 0 fully saturated rings. The summed E-state index contributed by atoms with van der Waals surface area (Å²) in [5.74, 6) is 0.771. The Morgan fingerprint density at radius 1 is 0.792 bits per heavy atom. The summed E-state index contributed by atoms with van der Waals surface area (Å²) in [6, 6.07) is 7.01. The van der Waals surface area contributed by atoms with Crippen LogP contribution in [0.3, 0.4) is 0 Å². The normalized spacial score (nSPS) is 10.6. The molecule has 0 radical (unpaired) electrons. The van der Waals surface area contributed by atoms with Gasteiger partial charge in [-0.1, -0.05) is 64.7 Å². The minimum Gasteiger partial charge on any atom is -0.494 e. The van der Waals surface area contributed by atoms with Crippen LogP contribution >= 0.6 is 0 Å². The van der Waals surface area contributed by atoms with Crippen LogP contribution in [-0.4, -0.2) is 13.2 Å². The van der Waals surface area contributed by atoms with E-state index in [1.165, 1.54) is 57.8 Å². The molecule has 0 saturated heterocycles. The number of nitrogens with one attached hydrogen (secondary N) is 1. The van der Waals surface area contributed by atoms with E-state index in [0.717, 1.165) is 25.3 Å². The predicted molar refractivity (Wildman–Crippen MR) is 104 cm³/mol. The van der Waals surface area contributed by atoms with Gasteiger partial charge in [0.2, 0.25) is 5.43 Å². The summed E-state index contributed by atoms with van der Waals surface area (Å²) in [4.78, 5) is 11.8. The van der Waals surface area contributed by atoms with Crippen molar-refractivity contribution in [1.29, 1.82) is 0 Å². The molecule has 3 nitrogen and oxygen atoms in total. The zero-order valence-electron chi connectivity index (χ0n) is 15.6. The van der Waals surface area contributed by atoms with E-state index in [0.29, 0.717) is 5.69 Å². The van der Waals surface area contributed by atoms with Crippen LogP contribution in [0.2, 0.25) is 0 Å². The number of unbranched alkanes of at least 4 members (excludes halogenated alkanes) is 9. The van der Waals surface area contributed by atoms with Gasteiger partial charge in [0, 0.05) is 6.54 Å². The van der Waals surface area contributed by atoms with Gasteiger partial charge in [0.1, 0.15) is 5.75 Å². The fourth-order valence-electron chi connectivity index (χ4n) is 2.76. The highest BCUT2D eigenvalue weighted by Crippen LogP contribution is 2.12. The predicted octanol–water partition coefficient (Wildman–Crippen LogP) is 5.78. The van der Waals surface area contributed by atoms with Gasteiger partial charge in [0.05, 0.1) is 12.3 Å². The Morgan fingerprint density at radius 3 is 2.00 bits per heavy atom. The fraction of sp³-hybridized carbons (Fsp3) is 0.667. The van der Waals surface area contributed by atoms with Crippen molar-refractivity contribution in [3.8, 4) is 5.75 Å². The van der Waals surface area contributed by atoms with Crippen LogP contribution in [0.25, 0.3) is 0 Å². The van der Waals surface area contributed by atoms with Crippen molar-refractivity contribution in [3.05, 3.63) is 34.5 Å². The molecule has 24 heavy (non-hydrogen) atoms. The second-order valence-electron chi connectivity index (χ2n) is 6.41. The third-order valence-electron chi connectivity index (χ3n) is 4.21. The minimum absolute atomic E-state index is 0.00522. The SMILES string of the molecule is CCCCCCCCCCCCOc1ccc(NCC)c(=O)cc1. The summed E-state index contributed by atoms with van der Waals surface area (Å²) in [5, 5.41) is 3.07. The molecule has 0 amide bonds. The molecule has 0 atom stereocenters. The van der Waals surface area contributed by atoms with E-state index in [2.05, 4.69) is 12.2 Å². The smallest absolute Gasteiger partial charge is 0.201 e. The molecule has 0 aromatic heterocycles. The van der Waals surface area contributed by atoms with E-state index in [1.807, 2.05) is 13.0 Å². The van der Waals surface area contributed by atoms with Crippen molar-refractivity contribution in [1.82, 2.24) is 0 Å². The Morgan fingerprint density at radius 2 is 1.38 bits per heavy atom. The molecule has 0 aliphatic heterocycles. The zero-order valence-corrected chi connectivity index (χ0v) is 15.6. The van der Waals surface area contributed by atoms with Gasteiger partial charge in [-0.2, -0.15) is 0 Å². The van der Waals surface area contributed by atoms with E-state index in [4.69, 9.17) is 4.74 Å². The maximum absolute atomic E-state index is 11.8. The second kappa shape index (κ2) is 13.9. The van der Waals surface area contributed by atoms with E-state index in [1.54, 1.807) is 18.2 Å². The lowest BCUT2D eigenvalue weighted by atomic mass is 10.1. The van der Waals surface area contributed by atoms with Crippen molar-refractivity contribution in [3.63, 3.8) is 0 Å². The summed E-state index contributed by atoms with van der Waals surface area (Å²) >= 11 is 0. The molecule has 0 heterocycles. The summed E-state index contributed by atoms with van der Waals surface area (Å²) in [5.41, 5.74) is 0.636. The maximum atomic E-state index is 11.8. The molecule has 0 aliphatic carbocycles. The molecular formula is C21H35NO2. The first-order chi connectivity index (χ1) is 11.8. The lowest BCUT2D eigenvalue weighted by Crippen LogP contribution is -2.06. The lowest BCUT2D eigenvalue weighted by Gasteiger charge is -2.05. The first-order valence-corrected chi connectivity index (χ1v) is 9.79. The average Bonchev–Trinajstić information content (AvgIpc) is 2.76. The van der Waals surface area contributed by atoms with Crippen molar-refractivity contribution < 1.29 is 4.74 Å². The fourth-order valence-corrected chi connectivity index (χ4v) is 2.76. The van der Waals surface area contributed by atoms with E-state index < -0.39 is 0 Å². The topological polar surface area (TPSA) is 38.3 Å². The molecule has 136 valence electrons. The van der Waals surface area contributed by atoms with Gasteiger partial charge in [0.15, 0.2) is 0 Å². The summed E-state index contributed by atoms with van der Waals surface area (Å²) in [6.07, 6.45) is 13.2. The van der Waals surface area contributed by atoms with Crippen molar-refractivity contribution in [2.45, 2.75) is 78.1 Å². The molecule has 3 heteroatoms. The molecular weight excluding hydrogens is 298 g/mol. The Hall–Kier alpha value is -1.51. The van der Waals surface area contributed by atoms with Crippen LogP contribution in [0.4, 0.5) is 5.69 Å². The molecule has 1 N–H and O–H groups in total. The highest BCUT2D eigenvalue weighted by molar-refractivity contribution is 5.43. The standard InChI is InChI=1S/C21H35NO2/c1-3-5-6-7-8-9-10-11-12-13-18-24-19-14-16-20(22-4-2)21(23)17-15-19/h14-17H,3-13,18H2,1-2H3,(H,22,23). The number of anilines is 1. The van der Waals surface area contributed by atoms with Gasteiger partial charge < -0.3 is 10.1 Å². The van der Waals surface area contributed by atoms with Crippen LogP contribution in [0.15, 0.2) is 29.1 Å². The Bertz CT molecular complexity index is 488. The second-order valence-corrected chi connectivity index (χ2v) is 6.41. The summed E-state index contributed by atoms with van der Waals surface area (Å²) < 4.78 is 5.76. The quantitative estimate of drug-likeness (QED) is 0.439. The molecule has 0 aliphatic rings. The molecule has 0 bridgehead atoms. The molecule has 0 unspecified atom stereocenters. The van der Waals surface area contributed by atoms with Gasteiger partial charge in [-0.05, 0) is 37.6 Å². The van der Waals surface area contributed by atoms with Gasteiger partial charge in [0.25, 0.3) is 0 Å². The summed E-state index contributed by atoms with van der Waals surface area (Å²) in [7, 11) is 0. The van der Waals surface area contributed by atoms with E-state index >= 15 is 0 Å². The van der Waals surface area contributed by atoms with Gasteiger partial charge in [-0.3, -0.25) is 4.79 Å². The molecule has 0 saturated carbocycles. The van der Waals surface area contributed by atoms with Gasteiger partial charge in [-0.25, -0.2) is 0 Å². The van der Waals surface area contributed by atoms with E-state index in [-0.39, 0.29) is 5.43 Å². The van der Waals surface area contributed by atoms with Crippen LogP contribution in [-0.2, 0) is 0 Å². The largest absolute Gasteiger partial charge is 0.494 e.